The van der Waals surface area contributed by atoms with Crippen molar-refractivity contribution in [3.63, 3.8) is 0 Å². The molecule has 1 aliphatic rings. The van der Waals surface area contributed by atoms with Gasteiger partial charge in [-0.05, 0) is 19.9 Å². The van der Waals surface area contributed by atoms with Crippen LogP contribution in [0.2, 0.25) is 0 Å². The van der Waals surface area contributed by atoms with E-state index in [2.05, 4.69) is 37.2 Å². The molecule has 8 heteroatoms. The van der Waals surface area contributed by atoms with E-state index in [-0.39, 0.29) is 6.10 Å². The number of ether oxygens (including phenoxy) is 1. The minimum atomic E-state index is -0.0989. The lowest BCUT2D eigenvalue weighted by Crippen LogP contribution is -2.38. The molecule has 0 saturated carbocycles. The van der Waals surface area contributed by atoms with Gasteiger partial charge in [-0.3, -0.25) is 9.88 Å². The van der Waals surface area contributed by atoms with Crippen molar-refractivity contribution in [1.29, 1.82) is 0 Å². The molecule has 0 aliphatic carbocycles. The normalized spacial score (nSPS) is 18.3. The van der Waals surface area contributed by atoms with Gasteiger partial charge in [0.2, 0.25) is 0 Å². The Kier molecular flexibility index (Phi) is 4.52. The summed E-state index contributed by atoms with van der Waals surface area (Å²) in [6.45, 7) is 7.14. The van der Waals surface area contributed by atoms with Gasteiger partial charge in [-0.1, -0.05) is 0 Å². The van der Waals surface area contributed by atoms with Crippen LogP contribution in [-0.2, 0) is 11.3 Å². The Morgan fingerprint density at radius 2 is 2.12 bits per heavy atom. The molecular weight excluding hydrogens is 330 g/mol. The van der Waals surface area contributed by atoms with E-state index in [1.807, 2.05) is 30.8 Å². The van der Waals surface area contributed by atoms with Crippen LogP contribution in [0.1, 0.15) is 28.7 Å². The van der Waals surface area contributed by atoms with Crippen LogP contribution in [0.25, 0.3) is 5.65 Å². The third-order valence-corrected chi connectivity index (χ3v) is 4.66. The molecule has 8 nitrogen and oxygen atoms in total. The molecule has 0 bridgehead atoms. The molecule has 1 saturated heterocycles. The second kappa shape index (κ2) is 6.97. The van der Waals surface area contributed by atoms with E-state index < -0.39 is 0 Å². The second-order valence-corrected chi connectivity index (χ2v) is 6.58. The Morgan fingerprint density at radius 3 is 2.96 bits per heavy atom. The lowest BCUT2D eigenvalue weighted by Gasteiger charge is -2.32. The smallest absolute Gasteiger partial charge is 0.159 e. The zero-order valence-corrected chi connectivity index (χ0v) is 15.3. The van der Waals surface area contributed by atoms with E-state index in [1.54, 1.807) is 12.4 Å². The Hall–Kier alpha value is -2.58. The molecule has 3 aromatic heterocycles. The van der Waals surface area contributed by atoms with Crippen LogP contribution in [0, 0.1) is 13.8 Å². The summed E-state index contributed by atoms with van der Waals surface area (Å²) in [6.07, 6.45) is 5.21. The predicted octanol–water partition coefficient (Wildman–Crippen LogP) is 1.75. The number of hydrogen-bond donors (Lipinski definition) is 1. The third kappa shape index (κ3) is 3.13. The fourth-order valence-corrected chi connectivity index (χ4v) is 3.46. The van der Waals surface area contributed by atoms with Gasteiger partial charge in [-0.15, -0.1) is 0 Å². The minimum absolute atomic E-state index is 0.0989. The monoisotopic (exact) mass is 353 g/mol. The first-order valence-electron chi connectivity index (χ1n) is 8.79. The molecule has 1 N–H and O–H groups in total. The van der Waals surface area contributed by atoms with Gasteiger partial charge in [-0.2, -0.15) is 5.10 Å². The molecule has 0 aromatic carbocycles. The largest absolute Gasteiger partial charge is 0.372 e. The maximum Gasteiger partial charge on any atom is 0.159 e. The maximum atomic E-state index is 5.96. The lowest BCUT2D eigenvalue weighted by atomic mass is 10.1. The Labute approximate surface area is 152 Å². The zero-order valence-electron chi connectivity index (χ0n) is 15.3. The average molecular weight is 353 g/mol. The fourth-order valence-electron chi connectivity index (χ4n) is 3.46. The lowest BCUT2D eigenvalue weighted by molar-refractivity contribution is -0.0346. The van der Waals surface area contributed by atoms with E-state index in [1.165, 1.54) is 0 Å². The Bertz CT molecular complexity index is 923. The standard InChI is InChI=1S/C18H23N7O/c1-12-8-13(2)25-18(23-12)14(9-22-25)10-24-6-7-26-15(11-24)16-17(19-3)21-5-4-20-16/h4-5,8-9,15H,6-7,10-11H2,1-3H3,(H,19,21)/t15-/m1/s1. The van der Waals surface area contributed by atoms with E-state index >= 15 is 0 Å². The van der Waals surface area contributed by atoms with Crippen molar-refractivity contribution >= 4 is 11.5 Å². The van der Waals surface area contributed by atoms with E-state index in [0.717, 1.165) is 53.7 Å². The highest BCUT2D eigenvalue weighted by Gasteiger charge is 2.26. The first-order chi connectivity index (χ1) is 12.7. The first kappa shape index (κ1) is 16.9. The van der Waals surface area contributed by atoms with Gasteiger partial charge in [0.1, 0.15) is 17.6 Å². The van der Waals surface area contributed by atoms with Crippen LogP contribution in [-0.4, -0.2) is 56.2 Å². The molecule has 1 fully saturated rings. The van der Waals surface area contributed by atoms with Gasteiger partial charge in [0, 0.05) is 56.0 Å². The maximum absolute atomic E-state index is 5.96. The minimum Gasteiger partial charge on any atom is -0.372 e. The molecule has 3 aromatic rings. The molecule has 136 valence electrons. The molecular formula is C18H23N7O. The molecule has 1 atom stereocenters. The highest BCUT2D eigenvalue weighted by Crippen LogP contribution is 2.26. The van der Waals surface area contributed by atoms with Crippen molar-refractivity contribution in [1.82, 2.24) is 29.5 Å². The van der Waals surface area contributed by atoms with Crippen molar-refractivity contribution in [2.45, 2.75) is 26.5 Å². The summed E-state index contributed by atoms with van der Waals surface area (Å²) in [5.41, 5.74) is 5.02. The Balaban J connectivity index is 1.56. The van der Waals surface area contributed by atoms with Gasteiger partial charge in [0.05, 0.1) is 12.8 Å². The molecule has 4 rings (SSSR count). The summed E-state index contributed by atoms with van der Waals surface area (Å²) < 4.78 is 7.87. The summed E-state index contributed by atoms with van der Waals surface area (Å²) in [7, 11) is 1.85. The molecule has 0 amide bonds. The zero-order chi connectivity index (χ0) is 18.1. The molecule has 0 unspecified atom stereocenters. The van der Waals surface area contributed by atoms with Crippen LogP contribution in [0.4, 0.5) is 5.82 Å². The van der Waals surface area contributed by atoms with Gasteiger partial charge >= 0.3 is 0 Å². The second-order valence-electron chi connectivity index (χ2n) is 6.58. The number of anilines is 1. The summed E-state index contributed by atoms with van der Waals surface area (Å²) in [6, 6.07) is 2.04. The summed E-state index contributed by atoms with van der Waals surface area (Å²) >= 11 is 0. The van der Waals surface area contributed by atoms with Crippen molar-refractivity contribution in [2.24, 2.45) is 0 Å². The molecule has 26 heavy (non-hydrogen) atoms. The summed E-state index contributed by atoms with van der Waals surface area (Å²) in [5.74, 6) is 0.767. The molecule has 0 spiro atoms. The van der Waals surface area contributed by atoms with Gasteiger partial charge in [-0.25, -0.2) is 14.5 Å². The van der Waals surface area contributed by atoms with E-state index in [4.69, 9.17) is 4.74 Å². The van der Waals surface area contributed by atoms with Gasteiger partial charge in [0.15, 0.2) is 5.65 Å². The highest BCUT2D eigenvalue weighted by atomic mass is 16.5. The molecule has 4 heterocycles. The number of hydrogen-bond acceptors (Lipinski definition) is 7. The highest BCUT2D eigenvalue weighted by molar-refractivity contribution is 5.48. The van der Waals surface area contributed by atoms with Gasteiger partial charge < -0.3 is 10.1 Å². The van der Waals surface area contributed by atoms with E-state index in [9.17, 15) is 0 Å². The van der Waals surface area contributed by atoms with Crippen LogP contribution >= 0.6 is 0 Å². The quantitative estimate of drug-likeness (QED) is 0.765. The number of aromatic nitrogens is 5. The molecule has 0 radical (unpaired) electrons. The number of nitrogens with zero attached hydrogens (tertiary/aromatic N) is 6. The van der Waals surface area contributed by atoms with Crippen LogP contribution < -0.4 is 5.32 Å². The van der Waals surface area contributed by atoms with Crippen molar-refractivity contribution in [3.05, 3.63) is 47.3 Å². The summed E-state index contributed by atoms with van der Waals surface area (Å²) in [4.78, 5) is 15.8. The molecule has 1 aliphatic heterocycles. The summed E-state index contributed by atoms with van der Waals surface area (Å²) in [5, 5.41) is 7.59. The van der Waals surface area contributed by atoms with E-state index in [0.29, 0.717) is 6.61 Å². The van der Waals surface area contributed by atoms with Crippen LogP contribution in [0.3, 0.4) is 0 Å². The van der Waals surface area contributed by atoms with Crippen LogP contribution in [0.5, 0.6) is 0 Å². The van der Waals surface area contributed by atoms with Crippen LogP contribution in [0.15, 0.2) is 24.7 Å². The number of aryl methyl sites for hydroxylation is 2. The predicted molar refractivity (Wildman–Crippen MR) is 98.0 cm³/mol. The SMILES string of the molecule is CNc1nccnc1[C@H]1CN(Cc2cnn3c(C)cc(C)nc23)CCO1. The first-order valence-corrected chi connectivity index (χ1v) is 8.79. The Morgan fingerprint density at radius 1 is 1.27 bits per heavy atom. The average Bonchev–Trinajstić information content (AvgIpc) is 3.05. The van der Waals surface area contributed by atoms with Crippen molar-refractivity contribution < 1.29 is 4.74 Å². The van der Waals surface area contributed by atoms with Gasteiger partial charge in [0.25, 0.3) is 0 Å². The number of nitrogens with one attached hydrogen (secondary N) is 1. The number of morpholine rings is 1. The van der Waals surface area contributed by atoms with Crippen molar-refractivity contribution in [3.8, 4) is 0 Å². The topological polar surface area (TPSA) is 80.5 Å². The fraction of sp³-hybridized carbons (Fsp3) is 0.444. The number of fused-ring (bicyclic) bond motifs is 1. The third-order valence-electron chi connectivity index (χ3n) is 4.66. The number of rotatable bonds is 4. The van der Waals surface area contributed by atoms with Crippen molar-refractivity contribution in [2.75, 3.05) is 32.1 Å².